The van der Waals surface area contributed by atoms with E-state index < -0.39 is 17.9 Å². The fraction of sp³-hybridized carbons (Fsp3) is 0.438. The molecule has 0 spiro atoms. The first-order valence-corrected chi connectivity index (χ1v) is 7.92. The molecule has 0 aliphatic carbocycles. The second-order valence-corrected chi connectivity index (χ2v) is 5.60. The predicted octanol–water partition coefficient (Wildman–Crippen LogP) is -1.88. The molecular formula is C16H23N5O5. The van der Waals surface area contributed by atoms with Gasteiger partial charge in [0.1, 0.15) is 6.54 Å². The predicted molar refractivity (Wildman–Crippen MR) is 92.1 cm³/mol. The Balaban J connectivity index is 2.36. The van der Waals surface area contributed by atoms with E-state index in [-0.39, 0.29) is 43.8 Å². The molecule has 4 N–H and O–H groups in total. The lowest BCUT2D eigenvalue weighted by molar-refractivity contribution is -0.130. The average Bonchev–Trinajstić information content (AvgIpc) is 2.85. The molecule has 0 fully saturated rings. The number of nitrogens with one attached hydrogen (secondary N) is 4. The van der Waals surface area contributed by atoms with E-state index in [4.69, 9.17) is 0 Å². The fourth-order valence-corrected chi connectivity index (χ4v) is 2.19. The van der Waals surface area contributed by atoms with Crippen molar-refractivity contribution in [1.29, 1.82) is 0 Å². The van der Waals surface area contributed by atoms with Gasteiger partial charge in [-0.3, -0.25) is 24.0 Å². The molecule has 1 heterocycles. The van der Waals surface area contributed by atoms with E-state index in [1.54, 1.807) is 0 Å². The first-order valence-electron chi connectivity index (χ1n) is 7.92. The molecule has 1 unspecified atom stereocenters. The topological polar surface area (TPSA) is 137 Å². The van der Waals surface area contributed by atoms with Crippen LogP contribution < -0.4 is 21.3 Å². The molecule has 26 heavy (non-hydrogen) atoms. The molecule has 0 aromatic heterocycles. The smallest absolute Gasteiger partial charge is 0.251 e. The number of allylic oxidation sites excluding steroid dienone is 1. The summed E-state index contributed by atoms with van der Waals surface area (Å²) >= 11 is 0. The maximum absolute atomic E-state index is 11.9. The first-order chi connectivity index (χ1) is 12.2. The van der Waals surface area contributed by atoms with Crippen LogP contribution in [0, 0.1) is 0 Å². The van der Waals surface area contributed by atoms with Crippen LogP contribution in [0.5, 0.6) is 0 Å². The average molecular weight is 365 g/mol. The highest BCUT2D eigenvalue weighted by atomic mass is 16.2. The number of hydrogen-bond donors (Lipinski definition) is 4. The normalized spacial score (nSPS) is 14.0. The van der Waals surface area contributed by atoms with Crippen LogP contribution >= 0.6 is 0 Å². The Kier molecular flexibility index (Phi) is 8.00. The summed E-state index contributed by atoms with van der Waals surface area (Å²) < 4.78 is 0. The minimum Gasteiger partial charge on any atom is -0.359 e. The molecule has 0 aromatic carbocycles. The van der Waals surface area contributed by atoms with E-state index in [9.17, 15) is 24.0 Å². The first kappa shape index (κ1) is 20.9. The second-order valence-electron chi connectivity index (χ2n) is 5.60. The molecule has 0 aromatic rings. The third-order valence-corrected chi connectivity index (χ3v) is 3.45. The van der Waals surface area contributed by atoms with Gasteiger partial charge in [0.25, 0.3) is 5.91 Å². The molecule has 1 aliphatic rings. The van der Waals surface area contributed by atoms with Gasteiger partial charge in [-0.05, 0) is 6.08 Å². The van der Waals surface area contributed by atoms with Crippen LogP contribution in [0.4, 0.5) is 0 Å². The van der Waals surface area contributed by atoms with E-state index in [0.29, 0.717) is 5.70 Å². The van der Waals surface area contributed by atoms with Crippen molar-refractivity contribution in [3.63, 3.8) is 0 Å². The van der Waals surface area contributed by atoms with Crippen LogP contribution in [0.3, 0.4) is 0 Å². The Morgan fingerprint density at radius 2 is 1.69 bits per heavy atom. The van der Waals surface area contributed by atoms with Crippen molar-refractivity contribution in [2.75, 3.05) is 20.3 Å². The molecular weight excluding hydrogens is 342 g/mol. The van der Waals surface area contributed by atoms with Gasteiger partial charge in [0.05, 0.1) is 6.67 Å². The Labute approximate surface area is 151 Å². The third-order valence-electron chi connectivity index (χ3n) is 3.45. The molecule has 5 amide bonds. The third kappa shape index (κ3) is 7.16. The lowest BCUT2D eigenvalue weighted by atomic mass is 10.1. The Morgan fingerprint density at radius 1 is 1.08 bits per heavy atom. The number of carbonyl (C=O) groups is 5. The summed E-state index contributed by atoms with van der Waals surface area (Å²) in [6.45, 7) is 4.58. The van der Waals surface area contributed by atoms with Gasteiger partial charge in [0, 0.05) is 44.6 Å². The van der Waals surface area contributed by atoms with Crippen LogP contribution in [-0.4, -0.2) is 60.7 Å². The van der Waals surface area contributed by atoms with Crippen LogP contribution in [0.2, 0.25) is 0 Å². The van der Waals surface area contributed by atoms with E-state index >= 15 is 0 Å². The van der Waals surface area contributed by atoms with Gasteiger partial charge >= 0.3 is 0 Å². The summed E-state index contributed by atoms with van der Waals surface area (Å²) in [5.41, 5.74) is 0.418. The van der Waals surface area contributed by atoms with Crippen LogP contribution in [0.1, 0.15) is 19.8 Å². The monoisotopic (exact) mass is 365 g/mol. The molecule has 10 nitrogen and oxygen atoms in total. The van der Waals surface area contributed by atoms with Crippen molar-refractivity contribution in [2.45, 2.75) is 25.8 Å². The largest absolute Gasteiger partial charge is 0.359 e. The molecule has 0 bridgehead atoms. The van der Waals surface area contributed by atoms with Crippen LogP contribution in [-0.2, 0) is 24.0 Å². The molecule has 142 valence electrons. The van der Waals surface area contributed by atoms with Crippen molar-refractivity contribution >= 4 is 29.5 Å². The molecule has 0 saturated carbocycles. The van der Waals surface area contributed by atoms with Crippen molar-refractivity contribution < 1.29 is 24.0 Å². The van der Waals surface area contributed by atoms with Gasteiger partial charge in [-0.2, -0.15) is 0 Å². The van der Waals surface area contributed by atoms with E-state index in [0.717, 1.165) is 0 Å². The van der Waals surface area contributed by atoms with Crippen molar-refractivity contribution in [3.05, 3.63) is 24.4 Å². The summed E-state index contributed by atoms with van der Waals surface area (Å²) in [4.78, 5) is 58.9. The summed E-state index contributed by atoms with van der Waals surface area (Å²) in [6.07, 6.45) is 2.66. The summed E-state index contributed by atoms with van der Waals surface area (Å²) in [6, 6.07) is -0.653. The van der Waals surface area contributed by atoms with Crippen molar-refractivity contribution in [1.82, 2.24) is 26.2 Å². The maximum atomic E-state index is 11.9. The highest BCUT2D eigenvalue weighted by molar-refractivity contribution is 5.96. The molecule has 1 aliphatic heterocycles. The fourth-order valence-electron chi connectivity index (χ4n) is 2.19. The minimum atomic E-state index is -0.653. The lowest BCUT2D eigenvalue weighted by Gasteiger charge is -2.18. The number of amides is 5. The Hall–Kier alpha value is -3.17. The van der Waals surface area contributed by atoms with Gasteiger partial charge in [-0.1, -0.05) is 6.58 Å². The lowest BCUT2D eigenvalue weighted by Crippen LogP contribution is -2.45. The number of carbonyl (C=O) groups excluding carboxylic acids is 5. The quantitative estimate of drug-likeness (QED) is 0.355. The Bertz CT molecular complexity index is 625. The standard InChI is InChI=1S/C16H23N5O5/c1-10-4-5-16(26)21(10)8-15(25)19-9-18-14(24)7-12(20-11(2)22)6-13(23)17-3/h4-5,12H,1,6-9H2,2-3H3,(H,17,23)(H,18,24)(H,19,25)(H,20,22). The molecule has 1 rings (SSSR count). The highest BCUT2D eigenvalue weighted by Gasteiger charge is 2.21. The van der Waals surface area contributed by atoms with E-state index in [1.165, 1.54) is 31.0 Å². The molecule has 0 radical (unpaired) electrons. The summed E-state index contributed by atoms with van der Waals surface area (Å²) in [5, 5.41) is 9.85. The van der Waals surface area contributed by atoms with E-state index in [1.807, 2.05) is 0 Å². The van der Waals surface area contributed by atoms with Gasteiger partial charge in [-0.25, -0.2) is 0 Å². The van der Waals surface area contributed by atoms with Crippen molar-refractivity contribution in [2.24, 2.45) is 0 Å². The summed E-state index contributed by atoms with van der Waals surface area (Å²) in [7, 11) is 1.46. The maximum Gasteiger partial charge on any atom is 0.251 e. The van der Waals surface area contributed by atoms with Crippen LogP contribution in [0.25, 0.3) is 0 Å². The molecule has 10 heteroatoms. The molecule has 1 atom stereocenters. The number of hydrogen-bond acceptors (Lipinski definition) is 5. The number of nitrogens with zero attached hydrogens (tertiary/aromatic N) is 1. The second kappa shape index (κ2) is 9.97. The zero-order chi connectivity index (χ0) is 19.7. The van der Waals surface area contributed by atoms with Crippen LogP contribution in [0.15, 0.2) is 24.4 Å². The zero-order valence-electron chi connectivity index (χ0n) is 14.8. The Morgan fingerprint density at radius 3 is 2.23 bits per heavy atom. The van der Waals surface area contributed by atoms with Crippen molar-refractivity contribution in [3.8, 4) is 0 Å². The van der Waals surface area contributed by atoms with Gasteiger partial charge in [0.2, 0.25) is 23.6 Å². The summed E-state index contributed by atoms with van der Waals surface area (Å²) in [5.74, 6) is -1.91. The van der Waals surface area contributed by atoms with Gasteiger partial charge in [0.15, 0.2) is 0 Å². The number of rotatable bonds is 9. The zero-order valence-corrected chi connectivity index (χ0v) is 14.8. The molecule has 0 saturated heterocycles. The minimum absolute atomic E-state index is 0.0396. The van der Waals surface area contributed by atoms with E-state index in [2.05, 4.69) is 27.8 Å². The SMILES string of the molecule is C=C1C=CC(=O)N1CC(=O)NCNC(=O)CC(CC(=O)NC)NC(C)=O. The highest BCUT2D eigenvalue weighted by Crippen LogP contribution is 2.11. The van der Waals surface area contributed by atoms with Gasteiger partial charge < -0.3 is 26.2 Å². The van der Waals surface area contributed by atoms with Gasteiger partial charge in [-0.15, -0.1) is 0 Å².